The average Bonchev–Trinajstić information content (AvgIpc) is 1.99. The van der Waals surface area contributed by atoms with Gasteiger partial charge in [-0.15, -0.1) is 0 Å². The fourth-order valence-electron chi connectivity index (χ4n) is 2.74. The Morgan fingerprint density at radius 1 is 1.40 bits per heavy atom. The van der Waals surface area contributed by atoms with Gasteiger partial charge in [0.2, 0.25) is 0 Å². The molecular weight excluding hydrogens is 188 g/mol. The van der Waals surface area contributed by atoms with Gasteiger partial charge >= 0.3 is 0 Å². The van der Waals surface area contributed by atoms with Gasteiger partial charge in [0.05, 0.1) is 0 Å². The largest absolute Gasteiger partial charge is 0.366 e. The van der Waals surface area contributed by atoms with Crippen LogP contribution in [-0.2, 0) is 0 Å². The molecule has 0 aliphatic heterocycles. The third-order valence-electron chi connectivity index (χ3n) is 3.09. The molecule has 0 spiro atoms. The summed E-state index contributed by atoms with van der Waals surface area (Å²) >= 11 is 0. The summed E-state index contributed by atoms with van der Waals surface area (Å²) in [5.41, 5.74) is 5.75. The van der Waals surface area contributed by atoms with Crippen molar-refractivity contribution >= 4 is 0 Å². The van der Waals surface area contributed by atoms with Gasteiger partial charge in [-0.05, 0) is 30.6 Å². The molecule has 1 fully saturated rings. The molecule has 90 valence electrons. The smallest absolute Gasteiger partial charge is 0.158 e. The second kappa shape index (κ2) is 5.28. The first-order valence-electron chi connectivity index (χ1n) is 6.06. The van der Waals surface area contributed by atoms with Crippen LogP contribution in [0.15, 0.2) is 0 Å². The topological polar surface area (TPSA) is 58.3 Å². The normalized spacial score (nSPS) is 30.2. The second-order valence-corrected chi connectivity index (χ2v) is 6.11. The van der Waals surface area contributed by atoms with Crippen LogP contribution < -0.4 is 11.1 Å². The molecule has 0 radical (unpaired) electrons. The molecule has 3 unspecified atom stereocenters. The van der Waals surface area contributed by atoms with Crippen molar-refractivity contribution in [3.63, 3.8) is 0 Å². The van der Waals surface area contributed by atoms with Crippen LogP contribution in [-0.4, -0.2) is 17.5 Å². The predicted octanol–water partition coefficient (Wildman–Crippen LogP) is 1.81. The minimum atomic E-state index is -0.858. The Labute approximate surface area is 93.4 Å². The van der Waals surface area contributed by atoms with Crippen LogP contribution in [0.5, 0.6) is 0 Å². The number of rotatable bonds is 3. The van der Waals surface area contributed by atoms with Crippen molar-refractivity contribution in [2.45, 2.75) is 65.3 Å². The summed E-state index contributed by atoms with van der Waals surface area (Å²) in [5.74, 6) is 0.787. The molecule has 1 saturated carbocycles. The second-order valence-electron chi connectivity index (χ2n) is 6.11. The van der Waals surface area contributed by atoms with Crippen LogP contribution in [0.4, 0.5) is 0 Å². The highest BCUT2D eigenvalue weighted by Gasteiger charge is 2.26. The molecule has 0 aromatic carbocycles. The van der Waals surface area contributed by atoms with Crippen molar-refractivity contribution in [2.75, 3.05) is 0 Å². The summed E-state index contributed by atoms with van der Waals surface area (Å²) in [7, 11) is 0. The van der Waals surface area contributed by atoms with Crippen LogP contribution in [0.25, 0.3) is 0 Å². The minimum Gasteiger partial charge on any atom is -0.366 e. The summed E-state index contributed by atoms with van der Waals surface area (Å²) in [6.45, 7) is 6.88. The maximum Gasteiger partial charge on any atom is 0.158 e. The lowest BCUT2D eigenvalue weighted by Crippen LogP contribution is -2.46. The first-order valence-corrected chi connectivity index (χ1v) is 6.06. The van der Waals surface area contributed by atoms with E-state index in [1.54, 1.807) is 0 Å². The summed E-state index contributed by atoms with van der Waals surface area (Å²) in [6, 6.07) is 0.408. The number of hydrogen-bond donors (Lipinski definition) is 3. The SMILES string of the molecule is CC(C)(C)CC1CCCC(NC(N)O)C1. The van der Waals surface area contributed by atoms with E-state index >= 15 is 0 Å². The van der Waals surface area contributed by atoms with E-state index in [-0.39, 0.29) is 0 Å². The van der Waals surface area contributed by atoms with Crippen LogP contribution >= 0.6 is 0 Å². The van der Waals surface area contributed by atoms with Gasteiger partial charge in [-0.2, -0.15) is 0 Å². The fraction of sp³-hybridized carbons (Fsp3) is 1.00. The maximum absolute atomic E-state index is 9.09. The molecule has 1 rings (SSSR count). The fourth-order valence-corrected chi connectivity index (χ4v) is 2.74. The first kappa shape index (κ1) is 12.9. The van der Waals surface area contributed by atoms with Gasteiger partial charge in [0.15, 0.2) is 6.35 Å². The lowest BCUT2D eigenvalue weighted by molar-refractivity contribution is 0.105. The highest BCUT2D eigenvalue weighted by molar-refractivity contribution is 4.80. The third kappa shape index (κ3) is 5.50. The van der Waals surface area contributed by atoms with Gasteiger partial charge in [0, 0.05) is 6.04 Å². The van der Waals surface area contributed by atoms with Gasteiger partial charge in [-0.25, -0.2) is 0 Å². The molecule has 1 aliphatic carbocycles. The van der Waals surface area contributed by atoms with E-state index in [0.717, 1.165) is 18.8 Å². The van der Waals surface area contributed by atoms with E-state index in [4.69, 9.17) is 10.8 Å². The molecule has 0 aromatic heterocycles. The van der Waals surface area contributed by atoms with E-state index in [1.807, 2.05) is 0 Å². The molecular formula is C12H26N2O. The van der Waals surface area contributed by atoms with Crippen LogP contribution in [0.1, 0.15) is 52.9 Å². The number of hydrogen-bond acceptors (Lipinski definition) is 3. The summed E-state index contributed by atoms with van der Waals surface area (Å²) in [6.07, 6.45) is 5.30. The van der Waals surface area contributed by atoms with E-state index in [0.29, 0.717) is 11.5 Å². The molecule has 3 nitrogen and oxygen atoms in total. The van der Waals surface area contributed by atoms with Crippen molar-refractivity contribution in [1.29, 1.82) is 0 Å². The zero-order valence-corrected chi connectivity index (χ0v) is 10.3. The molecule has 4 N–H and O–H groups in total. The quantitative estimate of drug-likeness (QED) is 0.628. The summed E-state index contributed by atoms with van der Waals surface area (Å²) in [4.78, 5) is 0. The number of nitrogens with one attached hydrogen (secondary N) is 1. The first-order chi connectivity index (χ1) is 6.87. The van der Waals surface area contributed by atoms with Gasteiger partial charge in [0.1, 0.15) is 0 Å². The molecule has 0 saturated heterocycles. The summed E-state index contributed by atoms with van der Waals surface area (Å²) < 4.78 is 0. The van der Waals surface area contributed by atoms with Gasteiger partial charge in [-0.3, -0.25) is 11.1 Å². The number of aliphatic hydroxyl groups excluding tert-OH is 1. The van der Waals surface area contributed by atoms with Gasteiger partial charge in [0.25, 0.3) is 0 Å². The van der Waals surface area contributed by atoms with Crippen LogP contribution in [0.2, 0.25) is 0 Å². The van der Waals surface area contributed by atoms with E-state index in [9.17, 15) is 0 Å². The van der Waals surface area contributed by atoms with Crippen molar-refractivity contribution in [3.8, 4) is 0 Å². The molecule has 15 heavy (non-hydrogen) atoms. The average molecular weight is 214 g/mol. The Bertz CT molecular complexity index is 187. The molecule has 0 bridgehead atoms. The van der Waals surface area contributed by atoms with Crippen LogP contribution in [0, 0.1) is 11.3 Å². The standard InChI is InChI=1S/C12H26N2O/c1-12(2,3)8-9-5-4-6-10(7-9)14-11(13)15/h9-11,14-15H,4-8,13H2,1-3H3. The zero-order valence-electron chi connectivity index (χ0n) is 10.3. The number of nitrogens with two attached hydrogens (primary N) is 1. The predicted molar refractivity (Wildman–Crippen MR) is 63.1 cm³/mol. The lowest BCUT2D eigenvalue weighted by atomic mass is 9.76. The highest BCUT2D eigenvalue weighted by Crippen LogP contribution is 2.34. The van der Waals surface area contributed by atoms with Crippen LogP contribution in [0.3, 0.4) is 0 Å². The van der Waals surface area contributed by atoms with E-state index in [2.05, 4.69) is 26.1 Å². The molecule has 0 amide bonds. The lowest BCUT2D eigenvalue weighted by Gasteiger charge is -2.34. The Morgan fingerprint density at radius 2 is 2.07 bits per heavy atom. The number of aliphatic hydroxyl groups is 1. The zero-order chi connectivity index (χ0) is 11.5. The molecule has 3 heteroatoms. The highest BCUT2D eigenvalue weighted by atomic mass is 16.3. The van der Waals surface area contributed by atoms with E-state index in [1.165, 1.54) is 19.3 Å². The van der Waals surface area contributed by atoms with Crippen molar-refractivity contribution in [2.24, 2.45) is 17.1 Å². The van der Waals surface area contributed by atoms with Crippen molar-refractivity contribution in [3.05, 3.63) is 0 Å². The molecule has 0 heterocycles. The Morgan fingerprint density at radius 3 is 2.60 bits per heavy atom. The third-order valence-corrected chi connectivity index (χ3v) is 3.09. The van der Waals surface area contributed by atoms with Crippen molar-refractivity contribution in [1.82, 2.24) is 5.32 Å². The Hall–Kier alpha value is -0.120. The maximum atomic E-state index is 9.09. The van der Waals surface area contributed by atoms with Gasteiger partial charge < -0.3 is 5.11 Å². The van der Waals surface area contributed by atoms with Gasteiger partial charge in [-0.1, -0.05) is 33.6 Å². The molecule has 1 aliphatic rings. The molecule has 3 atom stereocenters. The Balaban J connectivity index is 2.35. The van der Waals surface area contributed by atoms with E-state index < -0.39 is 6.35 Å². The minimum absolute atomic E-state index is 0.408. The molecule has 0 aromatic rings. The monoisotopic (exact) mass is 214 g/mol. The summed E-state index contributed by atoms with van der Waals surface area (Å²) in [5, 5.41) is 12.1. The Kier molecular flexibility index (Phi) is 4.56. The van der Waals surface area contributed by atoms with Crippen molar-refractivity contribution < 1.29 is 5.11 Å².